The molecule has 0 heterocycles. The minimum Gasteiger partial charge on any atom is -0.396 e. The molecule has 0 aliphatic carbocycles. The average molecular weight is 298 g/mol. The molecular formula is C10H13Cl2NO3S. The van der Waals surface area contributed by atoms with Crippen molar-refractivity contribution in [1.82, 2.24) is 4.31 Å². The molecule has 1 N–H and O–H groups in total. The first kappa shape index (κ1) is 14.7. The fourth-order valence-electron chi connectivity index (χ4n) is 1.23. The van der Waals surface area contributed by atoms with E-state index in [9.17, 15) is 8.42 Å². The first-order chi connectivity index (χ1) is 7.89. The quantitative estimate of drug-likeness (QED) is 0.904. The molecule has 1 rings (SSSR count). The highest BCUT2D eigenvalue weighted by molar-refractivity contribution is 7.89. The fourth-order valence-corrected chi connectivity index (χ4v) is 2.83. The van der Waals surface area contributed by atoms with E-state index in [1.165, 1.54) is 29.6 Å². The number of aliphatic hydroxyl groups excluding tert-OH is 1. The van der Waals surface area contributed by atoms with Crippen LogP contribution in [-0.2, 0) is 10.0 Å². The fraction of sp³-hybridized carbons (Fsp3) is 0.400. The summed E-state index contributed by atoms with van der Waals surface area (Å²) in [7, 11) is -2.12. The minimum atomic E-state index is -3.57. The Hall–Kier alpha value is -0.330. The summed E-state index contributed by atoms with van der Waals surface area (Å²) in [5.74, 6) is 0. The van der Waals surface area contributed by atoms with Crippen molar-refractivity contribution in [3.8, 4) is 0 Å². The Labute approximate surface area is 111 Å². The molecule has 17 heavy (non-hydrogen) atoms. The van der Waals surface area contributed by atoms with Gasteiger partial charge in [-0.2, -0.15) is 0 Å². The zero-order chi connectivity index (χ0) is 13.1. The van der Waals surface area contributed by atoms with E-state index in [0.29, 0.717) is 11.4 Å². The average Bonchev–Trinajstić information content (AvgIpc) is 2.29. The third-order valence-electron chi connectivity index (χ3n) is 2.23. The summed E-state index contributed by atoms with van der Waals surface area (Å²) in [5, 5.41) is 9.18. The van der Waals surface area contributed by atoms with Crippen molar-refractivity contribution in [3.63, 3.8) is 0 Å². The topological polar surface area (TPSA) is 57.6 Å². The summed E-state index contributed by atoms with van der Waals surface area (Å²) in [6, 6.07) is 4.16. The number of nitrogens with zero attached hydrogens (tertiary/aromatic N) is 1. The number of hydrogen-bond acceptors (Lipinski definition) is 3. The van der Waals surface area contributed by atoms with Crippen molar-refractivity contribution in [2.24, 2.45) is 0 Å². The smallest absolute Gasteiger partial charge is 0.242 e. The van der Waals surface area contributed by atoms with Crippen LogP contribution in [0.1, 0.15) is 6.42 Å². The molecular weight excluding hydrogens is 285 g/mol. The Morgan fingerprint density at radius 3 is 2.47 bits per heavy atom. The number of rotatable bonds is 5. The molecule has 0 spiro atoms. The van der Waals surface area contributed by atoms with Crippen LogP contribution in [0, 0.1) is 0 Å². The summed E-state index contributed by atoms with van der Waals surface area (Å²) < 4.78 is 25.3. The molecule has 0 radical (unpaired) electrons. The summed E-state index contributed by atoms with van der Waals surface area (Å²) >= 11 is 11.5. The van der Waals surface area contributed by atoms with Gasteiger partial charge in [0.25, 0.3) is 0 Å². The van der Waals surface area contributed by atoms with Crippen molar-refractivity contribution >= 4 is 33.2 Å². The van der Waals surface area contributed by atoms with E-state index in [0.717, 1.165) is 0 Å². The van der Waals surface area contributed by atoms with Gasteiger partial charge in [-0.25, -0.2) is 12.7 Å². The summed E-state index contributed by atoms with van der Waals surface area (Å²) in [5.41, 5.74) is 0. The summed E-state index contributed by atoms with van der Waals surface area (Å²) in [4.78, 5) is 0.0901. The van der Waals surface area contributed by atoms with Crippen LogP contribution < -0.4 is 0 Å². The zero-order valence-corrected chi connectivity index (χ0v) is 11.6. The van der Waals surface area contributed by atoms with Gasteiger partial charge in [-0.05, 0) is 24.6 Å². The standard InChI is InChI=1S/C10H13Cl2NO3S/c1-13(5-2-6-14)17(15,16)8-3-4-9(11)10(12)7-8/h3-4,7,14H,2,5-6H2,1H3. The number of sulfonamides is 1. The van der Waals surface area contributed by atoms with Crippen LogP contribution in [0.4, 0.5) is 0 Å². The second kappa shape index (κ2) is 6.02. The van der Waals surface area contributed by atoms with E-state index in [1.807, 2.05) is 0 Å². The maximum Gasteiger partial charge on any atom is 0.242 e. The molecule has 0 unspecified atom stereocenters. The Morgan fingerprint density at radius 1 is 1.29 bits per heavy atom. The molecule has 0 aromatic heterocycles. The molecule has 0 saturated carbocycles. The van der Waals surface area contributed by atoms with Gasteiger partial charge in [0.1, 0.15) is 0 Å². The first-order valence-electron chi connectivity index (χ1n) is 4.92. The Bertz CT molecular complexity index is 490. The van der Waals surface area contributed by atoms with Crippen LogP contribution in [0.25, 0.3) is 0 Å². The third kappa shape index (κ3) is 3.56. The molecule has 1 aromatic rings. The Balaban J connectivity index is 3.00. The maximum atomic E-state index is 12.0. The number of halogens is 2. The molecule has 0 saturated heterocycles. The van der Waals surface area contributed by atoms with Crippen molar-refractivity contribution < 1.29 is 13.5 Å². The van der Waals surface area contributed by atoms with Crippen molar-refractivity contribution in [1.29, 1.82) is 0 Å². The van der Waals surface area contributed by atoms with E-state index in [-0.39, 0.29) is 23.1 Å². The molecule has 1 aromatic carbocycles. The Morgan fingerprint density at radius 2 is 1.94 bits per heavy atom. The highest BCUT2D eigenvalue weighted by Gasteiger charge is 2.20. The molecule has 0 aliphatic heterocycles. The van der Waals surface area contributed by atoms with Gasteiger partial charge in [0.15, 0.2) is 0 Å². The van der Waals surface area contributed by atoms with Crippen LogP contribution in [-0.4, -0.2) is 38.0 Å². The molecule has 0 atom stereocenters. The van der Waals surface area contributed by atoms with Crippen molar-refractivity contribution in [2.45, 2.75) is 11.3 Å². The monoisotopic (exact) mass is 297 g/mol. The van der Waals surface area contributed by atoms with Crippen LogP contribution in [0.5, 0.6) is 0 Å². The second-order valence-corrected chi connectivity index (χ2v) is 6.34. The predicted molar refractivity (Wildman–Crippen MR) is 68.0 cm³/mol. The van der Waals surface area contributed by atoms with Gasteiger partial charge < -0.3 is 5.11 Å². The molecule has 0 amide bonds. The van der Waals surface area contributed by atoms with E-state index >= 15 is 0 Å². The molecule has 7 heteroatoms. The van der Waals surface area contributed by atoms with Gasteiger partial charge in [0, 0.05) is 20.2 Å². The van der Waals surface area contributed by atoms with Crippen LogP contribution in [0.3, 0.4) is 0 Å². The lowest BCUT2D eigenvalue weighted by Gasteiger charge is -2.16. The second-order valence-electron chi connectivity index (χ2n) is 3.48. The lowest BCUT2D eigenvalue weighted by atomic mass is 10.4. The number of aliphatic hydroxyl groups is 1. The van der Waals surface area contributed by atoms with Gasteiger partial charge in [-0.1, -0.05) is 23.2 Å². The first-order valence-corrected chi connectivity index (χ1v) is 7.11. The molecule has 4 nitrogen and oxygen atoms in total. The summed E-state index contributed by atoms with van der Waals surface area (Å²) in [6.07, 6.45) is 0.386. The van der Waals surface area contributed by atoms with E-state index in [1.54, 1.807) is 0 Å². The lowest BCUT2D eigenvalue weighted by molar-refractivity contribution is 0.275. The highest BCUT2D eigenvalue weighted by atomic mass is 35.5. The maximum absolute atomic E-state index is 12.0. The van der Waals surface area contributed by atoms with Gasteiger partial charge in [0.2, 0.25) is 10.0 Å². The van der Waals surface area contributed by atoms with Crippen molar-refractivity contribution in [3.05, 3.63) is 28.2 Å². The van der Waals surface area contributed by atoms with Crippen molar-refractivity contribution in [2.75, 3.05) is 20.2 Å². The zero-order valence-electron chi connectivity index (χ0n) is 9.23. The largest absolute Gasteiger partial charge is 0.396 e. The van der Waals surface area contributed by atoms with Crippen LogP contribution in [0.2, 0.25) is 10.0 Å². The van der Waals surface area contributed by atoms with E-state index in [4.69, 9.17) is 28.3 Å². The van der Waals surface area contributed by atoms with Gasteiger partial charge in [-0.15, -0.1) is 0 Å². The highest BCUT2D eigenvalue weighted by Crippen LogP contribution is 2.26. The van der Waals surface area contributed by atoms with Crippen LogP contribution >= 0.6 is 23.2 Å². The molecule has 0 fully saturated rings. The Kier molecular flexibility index (Phi) is 5.22. The lowest BCUT2D eigenvalue weighted by Crippen LogP contribution is -2.28. The van der Waals surface area contributed by atoms with Gasteiger partial charge >= 0.3 is 0 Å². The normalized spacial score (nSPS) is 12.1. The molecule has 0 bridgehead atoms. The van der Waals surface area contributed by atoms with Gasteiger partial charge in [-0.3, -0.25) is 0 Å². The SMILES string of the molecule is CN(CCCO)S(=O)(=O)c1ccc(Cl)c(Cl)c1. The summed E-state index contributed by atoms with van der Waals surface area (Å²) in [6.45, 7) is 0.195. The third-order valence-corrected chi connectivity index (χ3v) is 4.82. The minimum absolute atomic E-state index is 0.0543. The van der Waals surface area contributed by atoms with E-state index < -0.39 is 10.0 Å². The number of benzene rings is 1. The molecule has 0 aliphatic rings. The predicted octanol–water partition coefficient (Wildman–Crippen LogP) is 2.00. The van der Waals surface area contributed by atoms with E-state index in [2.05, 4.69) is 0 Å². The van der Waals surface area contributed by atoms with Crippen LogP contribution in [0.15, 0.2) is 23.1 Å². The number of hydrogen-bond donors (Lipinski definition) is 1. The van der Waals surface area contributed by atoms with Gasteiger partial charge in [0.05, 0.1) is 14.9 Å². The molecule has 96 valence electrons.